The number of rotatable bonds is 4. The van der Waals surface area contributed by atoms with E-state index >= 15 is 4.39 Å². The number of aromatic nitrogens is 2. The highest BCUT2D eigenvalue weighted by Crippen LogP contribution is 2.38. The summed E-state index contributed by atoms with van der Waals surface area (Å²) < 4.78 is 44.6. The average molecular weight is 494 g/mol. The highest BCUT2D eigenvalue weighted by atomic mass is 35.5. The van der Waals surface area contributed by atoms with E-state index in [0.29, 0.717) is 32.1 Å². The van der Waals surface area contributed by atoms with E-state index in [4.69, 9.17) is 23.1 Å². The molecule has 0 aliphatic carbocycles. The Kier molecular flexibility index (Phi) is 6.24. The van der Waals surface area contributed by atoms with Crippen molar-refractivity contribution in [3.8, 4) is 5.82 Å². The predicted molar refractivity (Wildman–Crippen MR) is 122 cm³/mol. The van der Waals surface area contributed by atoms with E-state index in [1.807, 2.05) is 6.08 Å². The molecule has 8 nitrogen and oxygen atoms in total. The molecule has 178 valence electrons. The zero-order chi connectivity index (χ0) is 24.7. The molecule has 12 heteroatoms. The number of carboxylic acid groups (broad SMARTS) is 1. The SMILES string of the molecule is NC/C=C1\CCCN(c2c(F)cc3c(=O)c(C(=O)O)cn(-c4nc(N)c(F)cc4F)c3c2Cl)C1. The van der Waals surface area contributed by atoms with Gasteiger partial charge in [-0.15, -0.1) is 0 Å². The van der Waals surface area contributed by atoms with Crippen LogP contribution in [0.25, 0.3) is 16.7 Å². The van der Waals surface area contributed by atoms with Crippen molar-refractivity contribution in [2.24, 2.45) is 5.73 Å². The van der Waals surface area contributed by atoms with Crippen molar-refractivity contribution in [3.63, 3.8) is 0 Å². The predicted octanol–water partition coefficient (Wildman–Crippen LogP) is 3.22. The average Bonchev–Trinajstić information content (AvgIpc) is 2.77. The topological polar surface area (TPSA) is 127 Å². The van der Waals surface area contributed by atoms with Gasteiger partial charge in [0.15, 0.2) is 23.3 Å². The molecule has 1 fully saturated rings. The number of carboxylic acids is 1. The smallest absolute Gasteiger partial charge is 0.341 e. The minimum Gasteiger partial charge on any atom is -0.477 e. The fourth-order valence-electron chi connectivity index (χ4n) is 4.08. The number of nitrogens with zero attached hydrogens (tertiary/aromatic N) is 3. The van der Waals surface area contributed by atoms with Gasteiger partial charge in [0.25, 0.3) is 0 Å². The summed E-state index contributed by atoms with van der Waals surface area (Å²) in [6.45, 7) is 1.08. The van der Waals surface area contributed by atoms with Crippen molar-refractivity contribution in [1.82, 2.24) is 9.55 Å². The molecular weight excluding hydrogens is 475 g/mol. The van der Waals surface area contributed by atoms with Crippen molar-refractivity contribution in [2.75, 3.05) is 30.3 Å². The normalized spacial score (nSPS) is 15.3. The maximum absolute atomic E-state index is 15.3. The first-order valence-corrected chi connectivity index (χ1v) is 10.6. The Hall–Kier alpha value is -3.57. The van der Waals surface area contributed by atoms with E-state index in [1.54, 1.807) is 4.90 Å². The molecule has 0 amide bonds. The number of carbonyl (C=O) groups is 1. The van der Waals surface area contributed by atoms with E-state index < -0.39 is 51.4 Å². The van der Waals surface area contributed by atoms with Crippen LogP contribution < -0.4 is 21.8 Å². The highest BCUT2D eigenvalue weighted by molar-refractivity contribution is 6.38. The molecule has 4 rings (SSSR count). The Morgan fingerprint density at radius 1 is 1.24 bits per heavy atom. The number of nitrogen functional groups attached to an aromatic ring is 1. The molecule has 0 bridgehead atoms. The molecule has 0 atom stereocenters. The first kappa shape index (κ1) is 23.6. The molecule has 0 spiro atoms. The number of piperidine rings is 1. The lowest BCUT2D eigenvalue weighted by Gasteiger charge is -2.32. The second-order valence-electron chi connectivity index (χ2n) is 7.75. The summed E-state index contributed by atoms with van der Waals surface area (Å²) in [6, 6.07) is 1.32. The van der Waals surface area contributed by atoms with Crippen LogP contribution in [0.3, 0.4) is 0 Å². The third-order valence-electron chi connectivity index (χ3n) is 5.60. The second-order valence-corrected chi connectivity index (χ2v) is 8.13. The minimum absolute atomic E-state index is 0.0523. The molecule has 0 saturated carbocycles. The summed E-state index contributed by atoms with van der Waals surface area (Å²) in [5, 5.41) is 8.80. The number of pyridine rings is 2. The lowest BCUT2D eigenvalue weighted by atomic mass is 10.0. The summed E-state index contributed by atoms with van der Waals surface area (Å²) in [5.74, 6) is -6.08. The summed E-state index contributed by atoms with van der Waals surface area (Å²) >= 11 is 6.60. The van der Waals surface area contributed by atoms with Gasteiger partial charge >= 0.3 is 5.97 Å². The van der Waals surface area contributed by atoms with E-state index in [-0.39, 0.29) is 16.2 Å². The number of halogens is 4. The second kappa shape index (κ2) is 8.99. The molecule has 1 aliphatic heterocycles. The van der Waals surface area contributed by atoms with Crippen molar-refractivity contribution >= 4 is 40.0 Å². The van der Waals surface area contributed by atoms with Gasteiger partial charge in [0, 0.05) is 31.9 Å². The molecule has 3 heterocycles. The lowest BCUT2D eigenvalue weighted by molar-refractivity contribution is 0.0695. The molecular formula is C22H19ClF3N5O3. The van der Waals surface area contributed by atoms with Crippen LogP contribution in [0, 0.1) is 17.5 Å². The third-order valence-corrected chi connectivity index (χ3v) is 5.95. The van der Waals surface area contributed by atoms with Crippen molar-refractivity contribution < 1.29 is 23.1 Å². The van der Waals surface area contributed by atoms with Gasteiger partial charge in [-0.05, 0) is 18.9 Å². The number of benzene rings is 1. The number of hydrogen-bond donors (Lipinski definition) is 3. The monoisotopic (exact) mass is 493 g/mol. The maximum atomic E-state index is 15.3. The molecule has 0 unspecified atom stereocenters. The van der Waals surface area contributed by atoms with Crippen molar-refractivity contribution in [2.45, 2.75) is 12.8 Å². The Bertz CT molecular complexity index is 1420. The summed E-state index contributed by atoms with van der Waals surface area (Å²) in [7, 11) is 0. The van der Waals surface area contributed by atoms with E-state index in [2.05, 4.69) is 4.98 Å². The van der Waals surface area contributed by atoms with Crippen molar-refractivity contribution in [3.05, 3.63) is 68.2 Å². The lowest BCUT2D eigenvalue weighted by Crippen LogP contribution is -2.32. The van der Waals surface area contributed by atoms with Gasteiger partial charge < -0.3 is 21.5 Å². The Balaban J connectivity index is 2.07. The fourth-order valence-corrected chi connectivity index (χ4v) is 4.48. The fraction of sp³-hybridized carbons (Fsp3) is 0.227. The molecule has 0 radical (unpaired) electrons. The Morgan fingerprint density at radius 3 is 2.65 bits per heavy atom. The minimum atomic E-state index is -1.63. The molecule has 34 heavy (non-hydrogen) atoms. The number of hydrogen-bond acceptors (Lipinski definition) is 6. The standard InChI is InChI=1S/C22H19ClF3N5O3/c23-16-17-11(6-13(24)18(16)30-5-1-2-10(8-30)3-4-27)19(32)12(22(33)34)9-31(17)21-15(26)7-14(25)20(28)29-21/h3,6-7,9H,1-2,4-5,8,27H2,(H2,28,29)(H,33,34)/b10-3+. The van der Waals surface area contributed by atoms with Gasteiger partial charge in [-0.3, -0.25) is 9.36 Å². The highest BCUT2D eigenvalue weighted by Gasteiger charge is 2.27. The van der Waals surface area contributed by atoms with Crippen LogP contribution in [0.5, 0.6) is 0 Å². The molecule has 3 aromatic rings. The first-order valence-electron chi connectivity index (χ1n) is 10.2. The van der Waals surface area contributed by atoms with Crippen LogP contribution in [0.15, 0.2) is 34.8 Å². The number of aromatic carboxylic acids is 1. The number of anilines is 2. The summed E-state index contributed by atoms with van der Waals surface area (Å²) in [5.41, 5.74) is 10.0. The van der Waals surface area contributed by atoms with Gasteiger partial charge in [-0.25, -0.2) is 22.9 Å². The summed E-state index contributed by atoms with van der Waals surface area (Å²) in [6.07, 6.45) is 4.10. The van der Waals surface area contributed by atoms with E-state index in [9.17, 15) is 23.5 Å². The Labute approximate surface area is 195 Å². The molecule has 1 saturated heterocycles. The van der Waals surface area contributed by atoms with Gasteiger partial charge in [-0.2, -0.15) is 0 Å². The van der Waals surface area contributed by atoms with Crippen LogP contribution in [-0.4, -0.2) is 40.3 Å². The van der Waals surface area contributed by atoms with Gasteiger partial charge in [-0.1, -0.05) is 23.3 Å². The quantitative estimate of drug-likeness (QED) is 0.476. The van der Waals surface area contributed by atoms with E-state index in [0.717, 1.165) is 28.8 Å². The van der Waals surface area contributed by atoms with Crippen molar-refractivity contribution in [1.29, 1.82) is 0 Å². The first-order chi connectivity index (χ1) is 16.1. The largest absolute Gasteiger partial charge is 0.477 e. The molecule has 5 N–H and O–H groups in total. The molecule has 1 aromatic carbocycles. The zero-order valence-corrected chi connectivity index (χ0v) is 18.4. The zero-order valence-electron chi connectivity index (χ0n) is 17.6. The van der Waals surface area contributed by atoms with E-state index in [1.165, 1.54) is 0 Å². The third kappa shape index (κ3) is 3.97. The number of nitrogens with two attached hydrogens (primary N) is 2. The van der Waals surface area contributed by atoms with Gasteiger partial charge in [0.1, 0.15) is 11.4 Å². The molecule has 1 aliphatic rings. The Morgan fingerprint density at radius 2 is 1.97 bits per heavy atom. The van der Waals surface area contributed by atoms with Crippen LogP contribution in [0.4, 0.5) is 24.7 Å². The van der Waals surface area contributed by atoms with Crippen LogP contribution in [0.1, 0.15) is 23.2 Å². The molecule has 2 aromatic heterocycles. The summed E-state index contributed by atoms with van der Waals surface area (Å²) in [4.78, 5) is 29.8. The number of fused-ring (bicyclic) bond motifs is 1. The van der Waals surface area contributed by atoms with Gasteiger partial charge in [0.05, 0.1) is 21.6 Å². The van der Waals surface area contributed by atoms with Crippen LogP contribution >= 0.6 is 11.6 Å². The van der Waals surface area contributed by atoms with Crippen LogP contribution in [0.2, 0.25) is 5.02 Å². The maximum Gasteiger partial charge on any atom is 0.341 e. The van der Waals surface area contributed by atoms with Gasteiger partial charge in [0.2, 0.25) is 5.43 Å². The van der Waals surface area contributed by atoms with Crippen LogP contribution in [-0.2, 0) is 0 Å².